The number of hydrogen-bond donors (Lipinski definition) is 1. The highest BCUT2D eigenvalue weighted by Gasteiger charge is 2.14. The molecule has 2 rings (SSSR count). The lowest BCUT2D eigenvalue weighted by molar-refractivity contribution is 0.517. The zero-order chi connectivity index (χ0) is 14.9. The molecule has 112 valence electrons. The lowest BCUT2D eigenvalue weighted by Crippen LogP contribution is -2.31. The number of nitrogens with zero attached hydrogens (tertiary/aromatic N) is 3. The summed E-state index contributed by atoms with van der Waals surface area (Å²) >= 11 is 1.62. The van der Waals surface area contributed by atoms with E-state index < -0.39 is 10.0 Å². The number of aryl methyl sites for hydroxylation is 2. The minimum Gasteiger partial charge on any atom is -0.310 e. The van der Waals surface area contributed by atoms with E-state index in [1.165, 1.54) is 4.31 Å². The maximum absolute atomic E-state index is 11.7. The standard InChI is InChI=1S/C12H20N4O2S2/c1-9-8-19-12-14-10(2)11(16(9)12)7-13-5-6-20(17,18)15(3)4/h8,13H,5-7H2,1-4H3. The molecular formula is C12H20N4O2S2. The van der Waals surface area contributed by atoms with Gasteiger partial charge in [-0.1, -0.05) is 0 Å². The second kappa shape index (κ2) is 5.80. The highest BCUT2D eigenvalue weighted by atomic mass is 32.2. The van der Waals surface area contributed by atoms with Gasteiger partial charge in [-0.2, -0.15) is 0 Å². The molecule has 0 aliphatic rings. The number of thiazole rings is 1. The number of sulfonamides is 1. The average Bonchev–Trinajstić information content (AvgIpc) is 2.85. The van der Waals surface area contributed by atoms with Crippen LogP contribution in [0, 0.1) is 13.8 Å². The van der Waals surface area contributed by atoms with Crippen molar-refractivity contribution >= 4 is 26.3 Å². The summed E-state index contributed by atoms with van der Waals surface area (Å²) in [6, 6.07) is 0. The van der Waals surface area contributed by atoms with E-state index in [1.807, 2.05) is 13.8 Å². The summed E-state index contributed by atoms with van der Waals surface area (Å²) in [5, 5.41) is 5.26. The van der Waals surface area contributed by atoms with Crippen LogP contribution >= 0.6 is 11.3 Å². The van der Waals surface area contributed by atoms with Gasteiger partial charge in [0.15, 0.2) is 4.96 Å². The molecule has 8 heteroatoms. The Kier molecular flexibility index (Phi) is 4.48. The molecule has 6 nitrogen and oxygen atoms in total. The Balaban J connectivity index is 2.00. The summed E-state index contributed by atoms with van der Waals surface area (Å²) in [6.45, 7) is 5.07. The van der Waals surface area contributed by atoms with Crippen LogP contribution in [0.2, 0.25) is 0 Å². The molecule has 0 bridgehead atoms. The van der Waals surface area contributed by atoms with Crippen molar-refractivity contribution in [1.82, 2.24) is 19.0 Å². The fourth-order valence-corrected chi connectivity index (χ4v) is 3.66. The lowest BCUT2D eigenvalue weighted by atomic mass is 10.3. The van der Waals surface area contributed by atoms with Gasteiger partial charge in [-0.15, -0.1) is 11.3 Å². The molecule has 0 aromatic carbocycles. The largest absolute Gasteiger partial charge is 0.310 e. The molecule has 0 saturated carbocycles. The monoisotopic (exact) mass is 316 g/mol. The van der Waals surface area contributed by atoms with E-state index in [1.54, 1.807) is 25.4 Å². The van der Waals surface area contributed by atoms with Crippen LogP contribution in [0.1, 0.15) is 17.1 Å². The van der Waals surface area contributed by atoms with Crippen LogP contribution in [-0.4, -0.2) is 48.5 Å². The molecule has 0 radical (unpaired) electrons. The van der Waals surface area contributed by atoms with Gasteiger partial charge in [0.25, 0.3) is 0 Å². The normalized spacial score (nSPS) is 12.7. The minimum atomic E-state index is -3.14. The predicted octanol–water partition coefficient (Wildman–Crippen LogP) is 0.994. The smallest absolute Gasteiger partial charge is 0.214 e. The molecule has 0 spiro atoms. The molecule has 0 unspecified atom stereocenters. The highest BCUT2D eigenvalue weighted by molar-refractivity contribution is 7.89. The van der Waals surface area contributed by atoms with Crippen molar-refractivity contribution in [2.75, 3.05) is 26.4 Å². The van der Waals surface area contributed by atoms with Crippen LogP contribution < -0.4 is 5.32 Å². The van der Waals surface area contributed by atoms with Gasteiger partial charge >= 0.3 is 0 Å². The Labute approximate surface area is 123 Å². The number of fused-ring (bicyclic) bond motifs is 1. The first-order chi connectivity index (χ1) is 9.33. The maximum Gasteiger partial charge on any atom is 0.214 e. The Morgan fingerprint density at radius 1 is 1.40 bits per heavy atom. The number of hydrogen-bond acceptors (Lipinski definition) is 5. The summed E-state index contributed by atoms with van der Waals surface area (Å²) in [5.41, 5.74) is 3.24. The maximum atomic E-state index is 11.7. The summed E-state index contributed by atoms with van der Waals surface area (Å²) in [7, 11) is -0.0381. The summed E-state index contributed by atoms with van der Waals surface area (Å²) in [6.07, 6.45) is 0. The van der Waals surface area contributed by atoms with E-state index >= 15 is 0 Å². The Hall–Kier alpha value is -0.960. The van der Waals surface area contributed by atoms with Crippen molar-refractivity contribution in [3.05, 3.63) is 22.5 Å². The first-order valence-electron chi connectivity index (χ1n) is 6.36. The summed E-state index contributed by atoms with van der Waals surface area (Å²) in [5.74, 6) is 0.101. The second-order valence-electron chi connectivity index (χ2n) is 4.91. The van der Waals surface area contributed by atoms with Crippen LogP contribution in [0.4, 0.5) is 0 Å². The zero-order valence-corrected chi connectivity index (χ0v) is 13.8. The van der Waals surface area contributed by atoms with E-state index in [4.69, 9.17) is 0 Å². The van der Waals surface area contributed by atoms with Crippen molar-refractivity contribution in [3.63, 3.8) is 0 Å². The molecule has 0 aliphatic heterocycles. The molecule has 2 aromatic heterocycles. The summed E-state index contributed by atoms with van der Waals surface area (Å²) in [4.78, 5) is 5.49. The van der Waals surface area contributed by atoms with Crippen LogP contribution in [0.25, 0.3) is 4.96 Å². The van der Waals surface area contributed by atoms with Gasteiger partial charge in [-0.05, 0) is 13.8 Å². The quantitative estimate of drug-likeness (QED) is 0.807. The first-order valence-corrected chi connectivity index (χ1v) is 8.85. The third-order valence-corrected chi connectivity index (χ3v) is 5.99. The van der Waals surface area contributed by atoms with Crippen LogP contribution in [0.15, 0.2) is 5.38 Å². The molecule has 0 amide bonds. The van der Waals surface area contributed by atoms with Crippen LogP contribution in [-0.2, 0) is 16.6 Å². The Morgan fingerprint density at radius 3 is 2.75 bits per heavy atom. The van der Waals surface area contributed by atoms with E-state index in [-0.39, 0.29) is 5.75 Å². The van der Waals surface area contributed by atoms with Gasteiger partial charge in [0.2, 0.25) is 10.0 Å². The van der Waals surface area contributed by atoms with Crippen molar-refractivity contribution in [2.24, 2.45) is 0 Å². The molecule has 1 N–H and O–H groups in total. The van der Waals surface area contributed by atoms with Gasteiger partial charge < -0.3 is 5.32 Å². The number of imidazole rings is 1. The zero-order valence-electron chi connectivity index (χ0n) is 12.2. The SMILES string of the molecule is Cc1nc2scc(C)n2c1CNCCS(=O)(=O)N(C)C. The van der Waals surface area contributed by atoms with Crippen molar-refractivity contribution in [3.8, 4) is 0 Å². The van der Waals surface area contributed by atoms with Crippen LogP contribution in [0.3, 0.4) is 0 Å². The number of rotatable bonds is 6. The van der Waals surface area contributed by atoms with Gasteiger partial charge in [0.1, 0.15) is 0 Å². The first kappa shape index (κ1) is 15.4. The Bertz CT molecular complexity index is 700. The molecular weight excluding hydrogens is 296 g/mol. The number of nitrogens with one attached hydrogen (secondary N) is 1. The van der Waals surface area contributed by atoms with Crippen LogP contribution in [0.5, 0.6) is 0 Å². The Morgan fingerprint density at radius 2 is 2.10 bits per heavy atom. The van der Waals surface area contributed by atoms with E-state index in [0.29, 0.717) is 13.1 Å². The van der Waals surface area contributed by atoms with Gasteiger partial charge in [-0.25, -0.2) is 17.7 Å². The average molecular weight is 316 g/mol. The third kappa shape index (κ3) is 3.03. The van der Waals surface area contributed by atoms with Crippen molar-refractivity contribution < 1.29 is 8.42 Å². The molecule has 0 atom stereocenters. The third-order valence-electron chi connectivity index (χ3n) is 3.22. The van der Waals surface area contributed by atoms with Gasteiger partial charge in [-0.3, -0.25) is 4.40 Å². The molecule has 0 aliphatic carbocycles. The minimum absolute atomic E-state index is 0.101. The lowest BCUT2D eigenvalue weighted by Gasteiger charge is -2.11. The fraction of sp³-hybridized carbons (Fsp3) is 0.583. The molecule has 0 fully saturated rings. The van der Waals surface area contributed by atoms with Gasteiger partial charge in [0.05, 0.1) is 17.1 Å². The van der Waals surface area contributed by atoms with E-state index in [0.717, 1.165) is 22.0 Å². The molecule has 2 aromatic rings. The molecule has 2 heterocycles. The van der Waals surface area contributed by atoms with Crippen molar-refractivity contribution in [2.45, 2.75) is 20.4 Å². The topological polar surface area (TPSA) is 66.7 Å². The number of aromatic nitrogens is 2. The molecule has 20 heavy (non-hydrogen) atoms. The predicted molar refractivity (Wildman–Crippen MR) is 81.7 cm³/mol. The molecule has 0 saturated heterocycles. The van der Waals surface area contributed by atoms with Crippen molar-refractivity contribution in [1.29, 1.82) is 0 Å². The van der Waals surface area contributed by atoms with E-state index in [2.05, 4.69) is 20.1 Å². The van der Waals surface area contributed by atoms with Gasteiger partial charge in [0, 0.05) is 38.3 Å². The second-order valence-corrected chi connectivity index (χ2v) is 8.05. The van der Waals surface area contributed by atoms with E-state index in [9.17, 15) is 8.42 Å². The highest BCUT2D eigenvalue weighted by Crippen LogP contribution is 2.20. The summed E-state index contributed by atoms with van der Waals surface area (Å²) < 4.78 is 26.7. The fourth-order valence-electron chi connectivity index (χ4n) is 1.97.